The Morgan fingerprint density at radius 3 is 1.84 bits per heavy atom. The minimum Gasteiger partial charge on any atom is -0.450 e. The molecule has 0 bridgehead atoms. The lowest BCUT2D eigenvalue weighted by atomic mass is 9.88. The molecule has 3 rings (SSSR count). The Morgan fingerprint density at radius 1 is 0.684 bits per heavy atom. The SMILES string of the molecule is O[B]c1ccc(-c2ccc(-c3ccccc3)s2)cc1. The van der Waals surface area contributed by atoms with Gasteiger partial charge in [0.25, 0.3) is 0 Å². The number of rotatable bonds is 3. The molecule has 0 aliphatic heterocycles. The Balaban J connectivity index is 1.92. The highest BCUT2D eigenvalue weighted by atomic mass is 32.1. The van der Waals surface area contributed by atoms with Gasteiger partial charge in [-0.3, -0.25) is 0 Å². The van der Waals surface area contributed by atoms with Crippen LogP contribution in [0.25, 0.3) is 20.9 Å². The normalized spacial score (nSPS) is 10.4. The lowest BCUT2D eigenvalue weighted by molar-refractivity contribution is 0.615. The van der Waals surface area contributed by atoms with Crippen LogP contribution >= 0.6 is 11.3 Å². The molecule has 91 valence electrons. The third kappa shape index (κ3) is 2.62. The van der Waals surface area contributed by atoms with Crippen molar-refractivity contribution in [2.45, 2.75) is 0 Å². The van der Waals surface area contributed by atoms with Gasteiger partial charge in [-0.15, -0.1) is 11.3 Å². The minimum atomic E-state index is 0.823. The van der Waals surface area contributed by atoms with Crippen molar-refractivity contribution in [2.24, 2.45) is 0 Å². The van der Waals surface area contributed by atoms with Gasteiger partial charge in [0.2, 0.25) is 0 Å². The van der Waals surface area contributed by atoms with Gasteiger partial charge in [0.05, 0.1) is 0 Å². The van der Waals surface area contributed by atoms with Crippen molar-refractivity contribution < 1.29 is 5.02 Å². The van der Waals surface area contributed by atoms with E-state index in [4.69, 9.17) is 5.02 Å². The molecule has 0 aliphatic carbocycles. The third-order valence-electron chi connectivity index (χ3n) is 3.01. The second-order valence-corrected chi connectivity index (χ2v) is 5.36. The van der Waals surface area contributed by atoms with Gasteiger partial charge in [0.15, 0.2) is 0 Å². The van der Waals surface area contributed by atoms with E-state index in [1.165, 1.54) is 20.9 Å². The molecule has 1 heterocycles. The maximum absolute atomic E-state index is 8.93. The van der Waals surface area contributed by atoms with Crippen LogP contribution in [0.5, 0.6) is 0 Å². The molecule has 0 fully saturated rings. The molecule has 0 saturated carbocycles. The van der Waals surface area contributed by atoms with E-state index in [2.05, 4.69) is 36.4 Å². The molecule has 1 aromatic heterocycles. The summed E-state index contributed by atoms with van der Waals surface area (Å²) in [5.41, 5.74) is 3.25. The molecule has 1 radical (unpaired) electrons. The first-order valence-corrected chi connectivity index (χ1v) is 6.91. The molecule has 0 unspecified atom stereocenters. The maximum atomic E-state index is 8.93. The fraction of sp³-hybridized carbons (Fsp3) is 0. The lowest BCUT2D eigenvalue weighted by Crippen LogP contribution is -2.11. The topological polar surface area (TPSA) is 20.2 Å². The summed E-state index contributed by atoms with van der Waals surface area (Å²) in [4.78, 5) is 2.51. The average Bonchev–Trinajstić information content (AvgIpc) is 2.98. The predicted octanol–water partition coefficient (Wildman–Crippen LogP) is 3.32. The first kappa shape index (κ1) is 12.2. The fourth-order valence-corrected chi connectivity index (χ4v) is 3.00. The molecular weight excluding hydrogens is 251 g/mol. The number of benzene rings is 2. The number of hydrogen-bond donors (Lipinski definition) is 1. The van der Waals surface area contributed by atoms with E-state index in [-0.39, 0.29) is 0 Å². The van der Waals surface area contributed by atoms with Crippen LogP contribution in [0.1, 0.15) is 0 Å². The highest BCUT2D eigenvalue weighted by Crippen LogP contribution is 2.33. The molecule has 0 atom stereocenters. The summed E-state index contributed by atoms with van der Waals surface area (Å²) in [6, 6.07) is 22.6. The Morgan fingerprint density at radius 2 is 1.26 bits per heavy atom. The molecule has 0 aliphatic rings. The lowest BCUT2D eigenvalue weighted by Gasteiger charge is -1.99. The summed E-state index contributed by atoms with van der Waals surface area (Å²) in [5, 5.41) is 8.93. The second-order valence-electron chi connectivity index (χ2n) is 4.28. The van der Waals surface area contributed by atoms with Crippen LogP contribution in [0, 0.1) is 0 Å². The van der Waals surface area contributed by atoms with E-state index in [0.29, 0.717) is 0 Å². The van der Waals surface area contributed by atoms with Crippen LogP contribution in [0.3, 0.4) is 0 Å². The zero-order chi connectivity index (χ0) is 13.1. The summed E-state index contributed by atoms with van der Waals surface area (Å²) >= 11 is 1.78. The minimum absolute atomic E-state index is 0.823. The average molecular weight is 263 g/mol. The molecule has 3 heteroatoms. The van der Waals surface area contributed by atoms with Crippen molar-refractivity contribution in [2.75, 3.05) is 0 Å². The van der Waals surface area contributed by atoms with E-state index >= 15 is 0 Å². The maximum Gasteiger partial charge on any atom is 0.326 e. The molecule has 19 heavy (non-hydrogen) atoms. The zero-order valence-electron chi connectivity index (χ0n) is 10.3. The summed E-state index contributed by atoms with van der Waals surface area (Å²) in [6.45, 7) is 0. The summed E-state index contributed by atoms with van der Waals surface area (Å²) in [7, 11) is 1.12. The standard InChI is InChI=1S/C16H12BOS/c18-17-14-8-6-13(7-9-14)16-11-10-15(19-16)12-4-2-1-3-5-12/h1-11,18H. The van der Waals surface area contributed by atoms with Gasteiger partial charge >= 0.3 is 7.48 Å². The molecular formula is C16H12BOS. The third-order valence-corrected chi connectivity index (χ3v) is 4.19. The van der Waals surface area contributed by atoms with E-state index in [9.17, 15) is 0 Å². The van der Waals surface area contributed by atoms with Crippen molar-refractivity contribution in [3.05, 3.63) is 66.7 Å². The highest BCUT2D eigenvalue weighted by Gasteiger charge is 2.04. The number of thiophene rings is 1. The van der Waals surface area contributed by atoms with E-state index in [1.54, 1.807) is 11.3 Å². The molecule has 0 saturated heterocycles. The van der Waals surface area contributed by atoms with Crippen molar-refractivity contribution in [1.29, 1.82) is 0 Å². The van der Waals surface area contributed by atoms with Crippen LogP contribution in [0.4, 0.5) is 0 Å². The molecule has 1 nitrogen and oxygen atoms in total. The second kappa shape index (κ2) is 5.43. The van der Waals surface area contributed by atoms with Gasteiger partial charge in [-0.25, -0.2) is 0 Å². The van der Waals surface area contributed by atoms with Crippen LogP contribution in [-0.4, -0.2) is 12.5 Å². The van der Waals surface area contributed by atoms with Crippen LogP contribution in [0.15, 0.2) is 66.7 Å². The smallest absolute Gasteiger partial charge is 0.326 e. The Kier molecular flexibility index (Phi) is 3.49. The molecule has 0 spiro atoms. The number of hydrogen-bond acceptors (Lipinski definition) is 2. The largest absolute Gasteiger partial charge is 0.450 e. The van der Waals surface area contributed by atoms with Crippen molar-refractivity contribution in [3.63, 3.8) is 0 Å². The molecule has 1 N–H and O–H groups in total. The van der Waals surface area contributed by atoms with Crippen LogP contribution in [0.2, 0.25) is 0 Å². The van der Waals surface area contributed by atoms with Gasteiger partial charge in [-0.1, -0.05) is 60.1 Å². The van der Waals surface area contributed by atoms with Gasteiger partial charge in [0.1, 0.15) is 0 Å². The van der Waals surface area contributed by atoms with Crippen molar-refractivity contribution in [3.8, 4) is 20.9 Å². The fourth-order valence-electron chi connectivity index (χ4n) is 1.98. The van der Waals surface area contributed by atoms with Crippen molar-refractivity contribution >= 4 is 24.3 Å². The zero-order valence-corrected chi connectivity index (χ0v) is 11.1. The van der Waals surface area contributed by atoms with E-state index in [0.717, 1.165) is 12.9 Å². The van der Waals surface area contributed by atoms with Crippen LogP contribution in [-0.2, 0) is 0 Å². The summed E-state index contributed by atoms with van der Waals surface area (Å²) < 4.78 is 0. The quantitative estimate of drug-likeness (QED) is 0.719. The van der Waals surface area contributed by atoms with Crippen LogP contribution < -0.4 is 5.46 Å². The molecule has 3 aromatic rings. The first-order chi connectivity index (χ1) is 9.36. The van der Waals surface area contributed by atoms with Gasteiger partial charge in [0, 0.05) is 9.75 Å². The van der Waals surface area contributed by atoms with E-state index < -0.39 is 0 Å². The Bertz CT molecular complexity index is 659. The van der Waals surface area contributed by atoms with Gasteiger partial charge < -0.3 is 5.02 Å². The Labute approximate surface area is 117 Å². The van der Waals surface area contributed by atoms with E-state index in [1.807, 2.05) is 30.3 Å². The molecule has 0 amide bonds. The van der Waals surface area contributed by atoms with Gasteiger partial charge in [-0.2, -0.15) is 0 Å². The summed E-state index contributed by atoms with van der Waals surface area (Å²) in [6.07, 6.45) is 0. The highest BCUT2D eigenvalue weighted by molar-refractivity contribution is 7.18. The predicted molar refractivity (Wildman–Crippen MR) is 82.8 cm³/mol. The first-order valence-electron chi connectivity index (χ1n) is 6.10. The Hall–Kier alpha value is -1.84. The van der Waals surface area contributed by atoms with Crippen molar-refractivity contribution in [1.82, 2.24) is 0 Å². The summed E-state index contributed by atoms with van der Waals surface area (Å²) in [5.74, 6) is 0. The monoisotopic (exact) mass is 263 g/mol. The molecule has 2 aromatic carbocycles. The van der Waals surface area contributed by atoms with Gasteiger partial charge in [-0.05, 0) is 23.3 Å².